The van der Waals surface area contributed by atoms with Crippen molar-refractivity contribution in [1.82, 2.24) is 14.5 Å². The normalized spacial score (nSPS) is 16.9. The summed E-state index contributed by atoms with van der Waals surface area (Å²) in [6.45, 7) is 9.59. The van der Waals surface area contributed by atoms with Gasteiger partial charge in [0.05, 0.1) is 23.6 Å². The van der Waals surface area contributed by atoms with Crippen LogP contribution in [-0.2, 0) is 11.3 Å². The minimum Gasteiger partial charge on any atom is -0.462 e. The lowest BCUT2D eigenvalue weighted by Gasteiger charge is -2.36. The van der Waals surface area contributed by atoms with E-state index in [1.165, 1.54) is 11.1 Å². The van der Waals surface area contributed by atoms with E-state index >= 15 is 0 Å². The molecule has 0 radical (unpaired) electrons. The number of amides is 1. The molecule has 32 heavy (non-hydrogen) atoms. The number of rotatable bonds is 5. The summed E-state index contributed by atoms with van der Waals surface area (Å²) < 4.78 is 14.0. The number of aromatic nitrogens is 2. The Hall–Kier alpha value is -3.02. The molecule has 0 bridgehead atoms. The van der Waals surface area contributed by atoms with Gasteiger partial charge in [0, 0.05) is 6.54 Å². The summed E-state index contributed by atoms with van der Waals surface area (Å²) in [5.74, 6) is 0. The zero-order valence-electron chi connectivity index (χ0n) is 19.5. The number of likely N-dealkylation sites (tertiary alicyclic amines) is 1. The van der Waals surface area contributed by atoms with E-state index in [1.807, 2.05) is 43.9 Å². The molecule has 2 aromatic carbocycles. The molecule has 0 spiro atoms. The second-order valence-corrected chi connectivity index (χ2v) is 9.53. The van der Waals surface area contributed by atoms with Crippen LogP contribution in [0.2, 0.25) is 0 Å². The van der Waals surface area contributed by atoms with Gasteiger partial charge in [-0.15, -0.1) is 0 Å². The van der Waals surface area contributed by atoms with Crippen LogP contribution in [0.4, 0.5) is 4.79 Å². The standard InChI is InChI=1S/C26H33N3O3/c1-19-11-5-6-12-20(19)17-29-23-15-8-7-14-22(23)27-24(29)31-18-21-13-9-10-16-28(21)25(30)32-26(2,3)4/h5-8,11-12,14-15,21H,9-10,13,16-18H2,1-4H3/t21-/m1/s1. The third-order valence-corrected chi connectivity index (χ3v) is 5.87. The SMILES string of the molecule is Cc1ccccc1Cn1c(OC[C@H]2CCCCN2C(=O)OC(C)(C)C)nc2ccccc21. The molecule has 3 aromatic rings. The molecule has 0 N–H and O–H groups in total. The molecule has 0 unspecified atom stereocenters. The monoisotopic (exact) mass is 435 g/mol. The van der Waals surface area contributed by atoms with E-state index in [2.05, 4.69) is 41.8 Å². The number of nitrogens with zero attached hydrogens (tertiary/aromatic N) is 3. The van der Waals surface area contributed by atoms with Crippen molar-refractivity contribution < 1.29 is 14.3 Å². The largest absolute Gasteiger partial charge is 0.462 e. The van der Waals surface area contributed by atoms with Gasteiger partial charge in [0.15, 0.2) is 0 Å². The summed E-state index contributed by atoms with van der Waals surface area (Å²) >= 11 is 0. The molecule has 1 amide bonds. The fourth-order valence-corrected chi connectivity index (χ4v) is 4.18. The summed E-state index contributed by atoms with van der Waals surface area (Å²) in [6.07, 6.45) is 2.70. The first-order valence-corrected chi connectivity index (χ1v) is 11.4. The third kappa shape index (κ3) is 5.06. The van der Waals surface area contributed by atoms with E-state index in [0.717, 1.165) is 30.3 Å². The Morgan fingerprint density at radius 3 is 2.62 bits per heavy atom. The van der Waals surface area contributed by atoms with E-state index in [4.69, 9.17) is 14.5 Å². The van der Waals surface area contributed by atoms with Crippen LogP contribution in [0, 0.1) is 6.92 Å². The number of aryl methyl sites for hydroxylation is 1. The number of ether oxygens (including phenoxy) is 2. The lowest BCUT2D eigenvalue weighted by atomic mass is 10.0. The van der Waals surface area contributed by atoms with Crippen molar-refractivity contribution >= 4 is 17.1 Å². The highest BCUT2D eigenvalue weighted by Gasteiger charge is 2.31. The van der Waals surface area contributed by atoms with Gasteiger partial charge in [-0.05, 0) is 70.2 Å². The first-order valence-electron chi connectivity index (χ1n) is 11.4. The first kappa shape index (κ1) is 22.2. The molecule has 1 fully saturated rings. The molecule has 4 rings (SSSR count). The molecular weight excluding hydrogens is 402 g/mol. The Balaban J connectivity index is 1.56. The summed E-state index contributed by atoms with van der Waals surface area (Å²) in [5.41, 5.74) is 3.90. The summed E-state index contributed by atoms with van der Waals surface area (Å²) in [4.78, 5) is 19.3. The van der Waals surface area contributed by atoms with Crippen molar-refractivity contribution in [3.63, 3.8) is 0 Å². The Bertz CT molecular complexity index is 1080. The first-order chi connectivity index (χ1) is 15.3. The lowest BCUT2D eigenvalue weighted by Crippen LogP contribution is -2.48. The molecule has 1 aliphatic heterocycles. The molecule has 6 nitrogen and oxygen atoms in total. The third-order valence-electron chi connectivity index (χ3n) is 5.87. The second kappa shape index (κ2) is 9.23. The van der Waals surface area contributed by atoms with E-state index in [9.17, 15) is 4.79 Å². The van der Waals surface area contributed by atoms with E-state index in [-0.39, 0.29) is 12.1 Å². The van der Waals surface area contributed by atoms with Crippen LogP contribution >= 0.6 is 0 Å². The molecule has 6 heteroatoms. The maximum atomic E-state index is 12.7. The fraction of sp³-hybridized carbons (Fsp3) is 0.462. The zero-order chi connectivity index (χ0) is 22.7. The molecular formula is C26H33N3O3. The van der Waals surface area contributed by atoms with Gasteiger partial charge in [-0.1, -0.05) is 36.4 Å². The number of fused-ring (bicyclic) bond motifs is 1. The zero-order valence-corrected chi connectivity index (χ0v) is 19.5. The minimum atomic E-state index is -0.512. The van der Waals surface area contributed by atoms with E-state index in [0.29, 0.717) is 25.7 Å². The van der Waals surface area contributed by atoms with Crippen molar-refractivity contribution in [2.75, 3.05) is 13.2 Å². The van der Waals surface area contributed by atoms with Crippen molar-refractivity contribution in [3.05, 3.63) is 59.7 Å². The van der Waals surface area contributed by atoms with Crippen LogP contribution in [0.3, 0.4) is 0 Å². The molecule has 170 valence electrons. The number of imidazole rings is 1. The van der Waals surface area contributed by atoms with Crippen LogP contribution in [0.1, 0.15) is 51.2 Å². The number of carbonyl (C=O) groups is 1. The van der Waals surface area contributed by atoms with Gasteiger partial charge in [0.2, 0.25) is 0 Å². The maximum absolute atomic E-state index is 12.7. The molecule has 1 aromatic heterocycles. The van der Waals surface area contributed by atoms with E-state index < -0.39 is 5.60 Å². The van der Waals surface area contributed by atoms with Crippen molar-refractivity contribution in [2.45, 2.75) is 65.1 Å². The van der Waals surface area contributed by atoms with Gasteiger partial charge in [0.25, 0.3) is 6.01 Å². The Morgan fingerprint density at radius 1 is 1.09 bits per heavy atom. The quantitative estimate of drug-likeness (QED) is 0.526. The highest BCUT2D eigenvalue weighted by Crippen LogP contribution is 2.26. The van der Waals surface area contributed by atoms with Crippen LogP contribution in [0.25, 0.3) is 11.0 Å². The number of carbonyl (C=O) groups excluding carboxylic acids is 1. The predicted molar refractivity (Wildman–Crippen MR) is 126 cm³/mol. The average Bonchev–Trinajstić information content (AvgIpc) is 3.10. The van der Waals surface area contributed by atoms with Gasteiger partial charge < -0.3 is 14.4 Å². The summed E-state index contributed by atoms with van der Waals surface area (Å²) in [5, 5.41) is 0. The Morgan fingerprint density at radius 2 is 1.84 bits per heavy atom. The molecule has 1 aliphatic rings. The number of para-hydroxylation sites is 2. The van der Waals surface area contributed by atoms with E-state index in [1.54, 1.807) is 0 Å². The lowest BCUT2D eigenvalue weighted by molar-refractivity contribution is 0.00290. The van der Waals surface area contributed by atoms with Crippen LogP contribution < -0.4 is 4.74 Å². The fourth-order valence-electron chi connectivity index (χ4n) is 4.18. The topological polar surface area (TPSA) is 56.6 Å². The van der Waals surface area contributed by atoms with Crippen molar-refractivity contribution in [2.24, 2.45) is 0 Å². The average molecular weight is 436 g/mol. The highest BCUT2D eigenvalue weighted by atomic mass is 16.6. The number of benzene rings is 2. The second-order valence-electron chi connectivity index (χ2n) is 9.53. The molecule has 1 atom stereocenters. The van der Waals surface area contributed by atoms with Crippen LogP contribution in [-0.4, -0.2) is 45.3 Å². The molecule has 0 saturated carbocycles. The van der Waals surface area contributed by atoms with Gasteiger partial charge >= 0.3 is 6.09 Å². The molecule has 1 saturated heterocycles. The predicted octanol–water partition coefficient (Wildman–Crippen LogP) is 5.56. The smallest absolute Gasteiger partial charge is 0.410 e. The van der Waals surface area contributed by atoms with Crippen LogP contribution in [0.15, 0.2) is 48.5 Å². The van der Waals surface area contributed by atoms with Crippen LogP contribution in [0.5, 0.6) is 6.01 Å². The number of hydrogen-bond donors (Lipinski definition) is 0. The van der Waals surface area contributed by atoms with Crippen molar-refractivity contribution in [3.8, 4) is 6.01 Å². The Labute approximate surface area is 190 Å². The van der Waals surface area contributed by atoms with Gasteiger partial charge in [0.1, 0.15) is 12.2 Å². The highest BCUT2D eigenvalue weighted by molar-refractivity contribution is 5.76. The molecule has 2 heterocycles. The van der Waals surface area contributed by atoms with Gasteiger partial charge in [-0.2, -0.15) is 4.98 Å². The number of piperidine rings is 1. The summed E-state index contributed by atoms with van der Waals surface area (Å²) in [6, 6.07) is 17.0. The number of hydrogen-bond acceptors (Lipinski definition) is 4. The summed E-state index contributed by atoms with van der Waals surface area (Å²) in [7, 11) is 0. The maximum Gasteiger partial charge on any atom is 0.410 e. The van der Waals surface area contributed by atoms with Crippen molar-refractivity contribution in [1.29, 1.82) is 0 Å². The Kier molecular flexibility index (Phi) is 6.40. The molecule has 0 aliphatic carbocycles. The minimum absolute atomic E-state index is 0.0228. The van der Waals surface area contributed by atoms with Gasteiger partial charge in [-0.25, -0.2) is 4.79 Å². The van der Waals surface area contributed by atoms with Gasteiger partial charge in [-0.3, -0.25) is 4.57 Å².